The van der Waals surface area contributed by atoms with Gasteiger partial charge in [-0.15, -0.1) is 0 Å². The molecule has 0 saturated carbocycles. The lowest BCUT2D eigenvalue weighted by molar-refractivity contribution is -0.167. The molecular formula is C72H132O6. The zero-order valence-electron chi connectivity index (χ0n) is 52.5. The average Bonchev–Trinajstić information content (AvgIpc) is 3.44. The minimum Gasteiger partial charge on any atom is -0.462 e. The first kappa shape index (κ1) is 75.4. The van der Waals surface area contributed by atoms with Crippen LogP contribution in [0.25, 0.3) is 0 Å². The molecule has 0 rings (SSSR count). The monoisotopic (exact) mass is 1090 g/mol. The topological polar surface area (TPSA) is 78.9 Å². The van der Waals surface area contributed by atoms with Crippen molar-refractivity contribution in [2.75, 3.05) is 13.2 Å². The van der Waals surface area contributed by atoms with Gasteiger partial charge in [0.15, 0.2) is 6.10 Å². The molecular weight excluding hydrogens is 961 g/mol. The molecule has 0 aliphatic rings. The highest BCUT2D eigenvalue weighted by molar-refractivity contribution is 5.71. The van der Waals surface area contributed by atoms with E-state index in [0.29, 0.717) is 19.3 Å². The Morgan fingerprint density at radius 1 is 0.256 bits per heavy atom. The Kier molecular flexibility index (Phi) is 64.6. The molecule has 0 N–H and O–H groups in total. The predicted octanol–water partition coefficient (Wildman–Crippen LogP) is 23.7. The van der Waals surface area contributed by atoms with Crippen molar-refractivity contribution in [1.82, 2.24) is 0 Å². The van der Waals surface area contributed by atoms with Gasteiger partial charge < -0.3 is 14.2 Å². The van der Waals surface area contributed by atoms with Crippen molar-refractivity contribution in [2.45, 2.75) is 380 Å². The molecule has 0 aromatic rings. The largest absolute Gasteiger partial charge is 0.462 e. The maximum absolute atomic E-state index is 12.9. The number of hydrogen-bond donors (Lipinski definition) is 0. The molecule has 0 heterocycles. The molecule has 1 atom stereocenters. The van der Waals surface area contributed by atoms with Crippen LogP contribution in [0.2, 0.25) is 0 Å². The number of esters is 3. The van der Waals surface area contributed by atoms with Crippen LogP contribution in [0.4, 0.5) is 0 Å². The zero-order chi connectivity index (χ0) is 56.4. The number of allylic oxidation sites excluding steroid dienone is 8. The highest BCUT2D eigenvalue weighted by atomic mass is 16.6. The fourth-order valence-electron chi connectivity index (χ4n) is 10.3. The summed E-state index contributed by atoms with van der Waals surface area (Å²) >= 11 is 0. The van der Waals surface area contributed by atoms with Crippen molar-refractivity contribution in [3.63, 3.8) is 0 Å². The molecule has 0 aromatic carbocycles. The summed E-state index contributed by atoms with van der Waals surface area (Å²) in [7, 11) is 0. The Labute approximate surface area is 486 Å². The van der Waals surface area contributed by atoms with Gasteiger partial charge in [-0.1, -0.05) is 320 Å². The molecule has 6 heteroatoms. The van der Waals surface area contributed by atoms with E-state index in [2.05, 4.69) is 69.4 Å². The third-order valence-electron chi connectivity index (χ3n) is 15.6. The summed E-state index contributed by atoms with van der Waals surface area (Å²) in [5.41, 5.74) is 0. The molecule has 0 spiro atoms. The van der Waals surface area contributed by atoms with E-state index in [9.17, 15) is 14.4 Å². The van der Waals surface area contributed by atoms with Crippen molar-refractivity contribution < 1.29 is 28.6 Å². The molecule has 0 radical (unpaired) electrons. The SMILES string of the molecule is CCCCCC/C=C\C/C=C\CCCCCCCCCC(=O)OC(COC(=O)CCCCCCCCCCCCCCC)COC(=O)CCCCCCCCCCCCCCCCCCC/C=C\C/C=C\CCCCCCC. The first-order chi connectivity index (χ1) is 38.5. The second-order valence-electron chi connectivity index (χ2n) is 23.4. The van der Waals surface area contributed by atoms with Crippen LogP contribution in [-0.2, 0) is 28.6 Å². The van der Waals surface area contributed by atoms with Crippen LogP contribution < -0.4 is 0 Å². The summed E-state index contributed by atoms with van der Waals surface area (Å²) in [6, 6.07) is 0. The van der Waals surface area contributed by atoms with Crippen LogP contribution in [0.5, 0.6) is 0 Å². The lowest BCUT2D eigenvalue weighted by Crippen LogP contribution is -2.30. The van der Waals surface area contributed by atoms with Gasteiger partial charge >= 0.3 is 17.9 Å². The molecule has 1 unspecified atom stereocenters. The standard InChI is InChI=1S/C72H132O6/c1-4-7-10-13-16-19-22-25-27-29-31-32-33-34-35-36-37-38-39-40-41-43-44-47-50-53-56-59-62-65-71(74)77-68-69(67-76-70(73)64-61-58-55-52-49-46-24-21-18-15-12-9-6-3)78-72(75)66-63-60-57-54-51-48-45-42-30-28-26-23-20-17-14-11-8-5-2/h20,22-23,25,28-31,69H,4-19,21,24,26-27,32-68H2,1-3H3/b23-20-,25-22-,30-28-,31-29-. The third-order valence-corrected chi connectivity index (χ3v) is 15.6. The molecule has 0 saturated heterocycles. The molecule has 0 aliphatic heterocycles. The normalized spacial score (nSPS) is 12.3. The first-order valence-corrected chi connectivity index (χ1v) is 34.6. The highest BCUT2D eigenvalue weighted by Gasteiger charge is 2.19. The fourth-order valence-corrected chi connectivity index (χ4v) is 10.3. The van der Waals surface area contributed by atoms with Gasteiger partial charge in [0.2, 0.25) is 0 Å². The van der Waals surface area contributed by atoms with E-state index in [4.69, 9.17) is 14.2 Å². The lowest BCUT2D eigenvalue weighted by Gasteiger charge is -2.18. The van der Waals surface area contributed by atoms with Crippen LogP contribution >= 0.6 is 0 Å². The van der Waals surface area contributed by atoms with E-state index >= 15 is 0 Å². The molecule has 6 nitrogen and oxygen atoms in total. The highest BCUT2D eigenvalue weighted by Crippen LogP contribution is 2.18. The summed E-state index contributed by atoms with van der Waals surface area (Å²) in [6.45, 7) is 6.66. The van der Waals surface area contributed by atoms with Crippen LogP contribution in [-0.4, -0.2) is 37.2 Å². The Balaban J connectivity index is 4.20. The van der Waals surface area contributed by atoms with Crippen molar-refractivity contribution in [3.8, 4) is 0 Å². The number of unbranched alkanes of at least 4 members (excludes halogenated alkanes) is 45. The lowest BCUT2D eigenvalue weighted by atomic mass is 10.0. The van der Waals surface area contributed by atoms with E-state index < -0.39 is 6.10 Å². The van der Waals surface area contributed by atoms with E-state index in [-0.39, 0.29) is 31.1 Å². The van der Waals surface area contributed by atoms with Crippen molar-refractivity contribution >= 4 is 17.9 Å². The van der Waals surface area contributed by atoms with Gasteiger partial charge in [-0.25, -0.2) is 0 Å². The second-order valence-corrected chi connectivity index (χ2v) is 23.4. The molecule has 0 bridgehead atoms. The number of rotatable bonds is 64. The molecule has 0 aliphatic carbocycles. The van der Waals surface area contributed by atoms with Crippen LogP contribution in [0.15, 0.2) is 48.6 Å². The number of carbonyl (C=O) groups excluding carboxylic acids is 3. The van der Waals surface area contributed by atoms with E-state index in [0.717, 1.165) is 77.0 Å². The number of hydrogen-bond acceptors (Lipinski definition) is 6. The quantitative estimate of drug-likeness (QED) is 0.0261. The minimum absolute atomic E-state index is 0.0713. The van der Waals surface area contributed by atoms with Gasteiger partial charge in [0, 0.05) is 19.3 Å². The summed E-state index contributed by atoms with van der Waals surface area (Å²) < 4.78 is 17.0. The van der Waals surface area contributed by atoms with Gasteiger partial charge in [0.25, 0.3) is 0 Å². The maximum atomic E-state index is 12.9. The smallest absolute Gasteiger partial charge is 0.306 e. The second kappa shape index (κ2) is 66.9. The Hall–Kier alpha value is -2.63. The molecule has 456 valence electrons. The van der Waals surface area contributed by atoms with Crippen LogP contribution in [0.3, 0.4) is 0 Å². The van der Waals surface area contributed by atoms with Gasteiger partial charge in [-0.3, -0.25) is 14.4 Å². The Morgan fingerprint density at radius 2 is 0.462 bits per heavy atom. The molecule has 0 aromatic heterocycles. The average molecular weight is 1090 g/mol. The molecule has 78 heavy (non-hydrogen) atoms. The Bertz CT molecular complexity index is 1350. The van der Waals surface area contributed by atoms with Gasteiger partial charge in [0.05, 0.1) is 0 Å². The minimum atomic E-state index is -0.775. The number of carbonyl (C=O) groups is 3. The summed E-state index contributed by atoms with van der Waals surface area (Å²) in [5, 5.41) is 0. The van der Waals surface area contributed by atoms with E-state index in [1.807, 2.05) is 0 Å². The summed E-state index contributed by atoms with van der Waals surface area (Å²) in [5.74, 6) is -0.854. The zero-order valence-corrected chi connectivity index (χ0v) is 52.5. The summed E-state index contributed by atoms with van der Waals surface area (Å²) in [6.07, 6.45) is 84.2. The van der Waals surface area contributed by atoms with Gasteiger partial charge in [-0.2, -0.15) is 0 Å². The molecule has 0 amide bonds. The van der Waals surface area contributed by atoms with Crippen molar-refractivity contribution in [3.05, 3.63) is 48.6 Å². The fraction of sp³-hybridized carbons (Fsp3) is 0.847. The van der Waals surface area contributed by atoms with E-state index in [1.54, 1.807) is 0 Å². The van der Waals surface area contributed by atoms with Gasteiger partial charge in [0.1, 0.15) is 13.2 Å². The predicted molar refractivity (Wildman–Crippen MR) is 339 cm³/mol. The third kappa shape index (κ3) is 64.2. The van der Waals surface area contributed by atoms with Crippen molar-refractivity contribution in [2.24, 2.45) is 0 Å². The first-order valence-electron chi connectivity index (χ1n) is 34.6. The van der Waals surface area contributed by atoms with Crippen LogP contribution in [0, 0.1) is 0 Å². The van der Waals surface area contributed by atoms with E-state index in [1.165, 1.54) is 257 Å². The maximum Gasteiger partial charge on any atom is 0.306 e. The van der Waals surface area contributed by atoms with Crippen molar-refractivity contribution in [1.29, 1.82) is 0 Å². The summed E-state index contributed by atoms with van der Waals surface area (Å²) in [4.78, 5) is 38.4. The molecule has 0 fully saturated rings. The van der Waals surface area contributed by atoms with Crippen LogP contribution in [0.1, 0.15) is 374 Å². The van der Waals surface area contributed by atoms with Gasteiger partial charge in [-0.05, 0) is 83.5 Å². The Morgan fingerprint density at radius 3 is 0.718 bits per heavy atom. The number of ether oxygens (including phenoxy) is 3.